The predicted octanol–water partition coefficient (Wildman–Crippen LogP) is 1.45. The third kappa shape index (κ3) is 3.42. The summed E-state index contributed by atoms with van der Waals surface area (Å²) >= 11 is 0. The molecule has 20 heavy (non-hydrogen) atoms. The number of aliphatic carboxylic acids is 1. The molecule has 0 bridgehead atoms. The minimum absolute atomic E-state index is 0.109. The van der Waals surface area contributed by atoms with Gasteiger partial charge in [0.15, 0.2) is 0 Å². The lowest BCUT2D eigenvalue weighted by atomic mass is 10.0. The molecule has 0 aromatic rings. The highest BCUT2D eigenvalue weighted by Crippen LogP contribution is 2.29. The summed E-state index contributed by atoms with van der Waals surface area (Å²) in [6, 6.07) is -0.972. The number of morpholine rings is 1. The summed E-state index contributed by atoms with van der Waals surface area (Å²) in [4.78, 5) is 25.3. The molecule has 1 heterocycles. The molecule has 114 valence electrons. The molecule has 2 fully saturated rings. The second-order valence-electron chi connectivity index (χ2n) is 6.07. The average molecular weight is 284 g/mol. The fourth-order valence-electron chi connectivity index (χ4n) is 3.10. The van der Waals surface area contributed by atoms with Gasteiger partial charge >= 0.3 is 12.0 Å². The van der Waals surface area contributed by atoms with Crippen LogP contribution in [0.5, 0.6) is 0 Å². The number of nitrogens with one attached hydrogen (secondary N) is 1. The number of carboxylic acid groups (broad SMARTS) is 1. The van der Waals surface area contributed by atoms with Crippen molar-refractivity contribution in [1.29, 1.82) is 0 Å². The summed E-state index contributed by atoms with van der Waals surface area (Å²) in [5.74, 6) is -0.747. The lowest BCUT2D eigenvalue weighted by Gasteiger charge is -2.38. The van der Waals surface area contributed by atoms with Gasteiger partial charge in [-0.15, -0.1) is 0 Å². The van der Waals surface area contributed by atoms with Crippen LogP contribution in [0.1, 0.15) is 39.5 Å². The highest BCUT2D eigenvalue weighted by molar-refractivity contribution is 5.82. The van der Waals surface area contributed by atoms with Crippen LogP contribution < -0.4 is 5.32 Å². The first kappa shape index (κ1) is 15.1. The van der Waals surface area contributed by atoms with Crippen molar-refractivity contribution in [3.63, 3.8) is 0 Å². The van der Waals surface area contributed by atoms with Gasteiger partial charge < -0.3 is 20.1 Å². The molecule has 2 N–H and O–H groups in total. The average Bonchev–Trinajstić information content (AvgIpc) is 2.84. The molecule has 2 rings (SSSR count). The van der Waals surface area contributed by atoms with Crippen LogP contribution in [-0.4, -0.2) is 53.3 Å². The Morgan fingerprint density at radius 2 is 2.15 bits per heavy atom. The van der Waals surface area contributed by atoms with Crippen molar-refractivity contribution in [2.45, 2.75) is 57.7 Å². The zero-order chi connectivity index (χ0) is 14.7. The van der Waals surface area contributed by atoms with Gasteiger partial charge in [0.25, 0.3) is 0 Å². The van der Waals surface area contributed by atoms with Crippen LogP contribution in [0.25, 0.3) is 0 Å². The van der Waals surface area contributed by atoms with Gasteiger partial charge in [0.05, 0.1) is 18.8 Å². The molecule has 2 aliphatic rings. The number of hydrogen-bond donors (Lipinski definition) is 2. The number of carbonyl (C=O) groups excluding carboxylic acids is 1. The van der Waals surface area contributed by atoms with Gasteiger partial charge in [-0.3, -0.25) is 0 Å². The van der Waals surface area contributed by atoms with Crippen LogP contribution in [0.2, 0.25) is 0 Å². The molecule has 3 atom stereocenters. The third-order valence-corrected chi connectivity index (χ3v) is 4.05. The topological polar surface area (TPSA) is 78.9 Å². The standard InChI is InChI=1S/C14H24N2O4/c1-9(2)8-10(13(17)18)15-14(19)16-6-7-20-12-5-3-4-11(12)16/h9-12H,3-8H2,1-2H3,(H,15,19)(H,17,18)/t10-,11?,12?/m0/s1. The molecule has 1 saturated carbocycles. The maximum atomic E-state index is 12.3. The molecular formula is C14H24N2O4. The van der Waals surface area contributed by atoms with Gasteiger partial charge in [0.2, 0.25) is 0 Å². The largest absolute Gasteiger partial charge is 0.480 e. The molecule has 0 radical (unpaired) electrons. The molecule has 2 unspecified atom stereocenters. The quantitative estimate of drug-likeness (QED) is 0.819. The SMILES string of the molecule is CC(C)C[C@H](NC(=O)N1CCOC2CCCC21)C(=O)O. The van der Waals surface area contributed by atoms with E-state index in [1.807, 2.05) is 13.8 Å². The first-order chi connectivity index (χ1) is 9.49. The van der Waals surface area contributed by atoms with E-state index in [-0.39, 0.29) is 24.1 Å². The number of rotatable bonds is 4. The monoisotopic (exact) mass is 284 g/mol. The fourth-order valence-corrected chi connectivity index (χ4v) is 3.10. The Morgan fingerprint density at radius 3 is 2.80 bits per heavy atom. The van der Waals surface area contributed by atoms with Crippen molar-refractivity contribution in [3.05, 3.63) is 0 Å². The van der Waals surface area contributed by atoms with E-state index in [9.17, 15) is 14.7 Å². The molecule has 2 amide bonds. The van der Waals surface area contributed by atoms with Gasteiger partial charge in [-0.1, -0.05) is 13.8 Å². The summed E-state index contributed by atoms with van der Waals surface area (Å²) in [6.07, 6.45) is 3.57. The zero-order valence-electron chi connectivity index (χ0n) is 12.2. The molecule has 6 nitrogen and oxygen atoms in total. The number of fused-ring (bicyclic) bond motifs is 1. The molecular weight excluding hydrogens is 260 g/mol. The Hall–Kier alpha value is -1.30. The minimum atomic E-state index is -0.969. The summed E-state index contributed by atoms with van der Waals surface area (Å²) in [5, 5.41) is 11.9. The molecule has 1 aliphatic heterocycles. The van der Waals surface area contributed by atoms with Gasteiger partial charge in [-0.05, 0) is 31.6 Å². The maximum Gasteiger partial charge on any atom is 0.326 e. The Kier molecular flexibility index (Phi) is 4.86. The van der Waals surface area contributed by atoms with Crippen molar-refractivity contribution in [2.24, 2.45) is 5.92 Å². The van der Waals surface area contributed by atoms with Crippen LogP contribution in [0.15, 0.2) is 0 Å². The zero-order valence-corrected chi connectivity index (χ0v) is 12.2. The van der Waals surface area contributed by atoms with Crippen LogP contribution in [0.4, 0.5) is 4.79 Å². The highest BCUT2D eigenvalue weighted by atomic mass is 16.5. The number of carbonyl (C=O) groups is 2. The summed E-state index contributed by atoms with van der Waals surface area (Å²) in [7, 11) is 0. The van der Waals surface area contributed by atoms with E-state index < -0.39 is 12.0 Å². The van der Waals surface area contributed by atoms with Gasteiger partial charge in [0, 0.05) is 6.54 Å². The van der Waals surface area contributed by atoms with E-state index in [0.29, 0.717) is 19.6 Å². The first-order valence-electron chi connectivity index (χ1n) is 7.40. The smallest absolute Gasteiger partial charge is 0.326 e. The van der Waals surface area contributed by atoms with Crippen LogP contribution >= 0.6 is 0 Å². The summed E-state index contributed by atoms with van der Waals surface area (Å²) in [6.45, 7) is 4.98. The second-order valence-corrected chi connectivity index (χ2v) is 6.07. The Bertz CT molecular complexity index is 372. The predicted molar refractivity (Wildman–Crippen MR) is 73.5 cm³/mol. The van der Waals surface area contributed by atoms with Gasteiger partial charge in [-0.25, -0.2) is 9.59 Å². The maximum absolute atomic E-state index is 12.3. The molecule has 0 aromatic carbocycles. The lowest BCUT2D eigenvalue weighted by Crippen LogP contribution is -2.57. The summed E-state index contributed by atoms with van der Waals surface area (Å²) < 4.78 is 5.66. The van der Waals surface area contributed by atoms with E-state index in [1.54, 1.807) is 4.90 Å². The van der Waals surface area contributed by atoms with Crippen LogP contribution in [-0.2, 0) is 9.53 Å². The summed E-state index contributed by atoms with van der Waals surface area (Å²) in [5.41, 5.74) is 0. The second kappa shape index (κ2) is 6.43. The van der Waals surface area contributed by atoms with E-state index in [0.717, 1.165) is 19.3 Å². The Labute approximate surface area is 119 Å². The van der Waals surface area contributed by atoms with Crippen LogP contribution in [0.3, 0.4) is 0 Å². The molecule has 1 aliphatic carbocycles. The minimum Gasteiger partial charge on any atom is -0.480 e. The normalized spacial score (nSPS) is 27.2. The number of carboxylic acids is 1. The van der Waals surface area contributed by atoms with Gasteiger partial charge in [0.1, 0.15) is 6.04 Å². The molecule has 6 heteroatoms. The van der Waals surface area contributed by atoms with Crippen molar-refractivity contribution in [1.82, 2.24) is 10.2 Å². The van der Waals surface area contributed by atoms with E-state index in [2.05, 4.69) is 5.32 Å². The lowest BCUT2D eigenvalue weighted by molar-refractivity contribution is -0.139. The third-order valence-electron chi connectivity index (χ3n) is 4.05. The number of amides is 2. The van der Waals surface area contributed by atoms with Crippen molar-refractivity contribution in [3.8, 4) is 0 Å². The van der Waals surface area contributed by atoms with E-state index in [1.165, 1.54) is 0 Å². The highest BCUT2D eigenvalue weighted by Gasteiger charge is 2.39. The van der Waals surface area contributed by atoms with Crippen molar-refractivity contribution in [2.75, 3.05) is 13.2 Å². The van der Waals surface area contributed by atoms with E-state index in [4.69, 9.17) is 4.74 Å². The Morgan fingerprint density at radius 1 is 1.40 bits per heavy atom. The van der Waals surface area contributed by atoms with Crippen molar-refractivity contribution < 1.29 is 19.4 Å². The fraction of sp³-hybridized carbons (Fsp3) is 0.857. The van der Waals surface area contributed by atoms with Gasteiger partial charge in [-0.2, -0.15) is 0 Å². The van der Waals surface area contributed by atoms with E-state index >= 15 is 0 Å². The van der Waals surface area contributed by atoms with Crippen molar-refractivity contribution >= 4 is 12.0 Å². The number of ether oxygens (including phenoxy) is 1. The number of hydrogen-bond acceptors (Lipinski definition) is 3. The number of urea groups is 1. The first-order valence-corrected chi connectivity index (χ1v) is 7.40. The number of nitrogens with zero attached hydrogens (tertiary/aromatic N) is 1. The molecule has 0 spiro atoms. The van der Waals surface area contributed by atoms with Crippen LogP contribution in [0, 0.1) is 5.92 Å². The molecule has 1 saturated heterocycles. The molecule has 0 aromatic heterocycles. The Balaban J connectivity index is 1.97.